The van der Waals surface area contributed by atoms with Crippen LogP contribution in [0.25, 0.3) is 11.3 Å². The van der Waals surface area contributed by atoms with Crippen LogP contribution >= 0.6 is 11.3 Å². The zero-order chi connectivity index (χ0) is 19.3. The normalized spacial score (nSPS) is 12.0. The molecule has 2 aromatic carbocycles. The number of pyridine rings is 1. The van der Waals surface area contributed by atoms with Crippen LogP contribution in [0, 0.1) is 11.6 Å². The summed E-state index contributed by atoms with van der Waals surface area (Å²) < 4.78 is 28.1. The van der Waals surface area contributed by atoms with Crippen LogP contribution in [0.2, 0.25) is 0 Å². The minimum absolute atomic E-state index is 0.305. The summed E-state index contributed by atoms with van der Waals surface area (Å²) in [5.74, 6) is -0.625. The molecule has 0 bridgehead atoms. The van der Waals surface area contributed by atoms with Crippen molar-refractivity contribution in [3.63, 3.8) is 0 Å². The van der Waals surface area contributed by atoms with E-state index >= 15 is 0 Å². The quantitative estimate of drug-likeness (QED) is 0.451. The fourth-order valence-electron chi connectivity index (χ4n) is 2.51. The van der Waals surface area contributed by atoms with Gasteiger partial charge in [0, 0.05) is 28.9 Å². The molecule has 2 heterocycles. The lowest BCUT2D eigenvalue weighted by Crippen LogP contribution is -2.11. The summed E-state index contributed by atoms with van der Waals surface area (Å²) in [5.41, 5.74) is 3.02. The lowest BCUT2D eigenvalue weighted by atomic mass is 10.2. The molecule has 0 spiro atoms. The van der Waals surface area contributed by atoms with Crippen molar-refractivity contribution in [2.45, 2.75) is 0 Å². The van der Waals surface area contributed by atoms with E-state index in [0.29, 0.717) is 10.5 Å². The van der Waals surface area contributed by atoms with Gasteiger partial charge in [0.05, 0.1) is 17.6 Å². The number of benzene rings is 2. The van der Waals surface area contributed by atoms with Gasteiger partial charge in [-0.15, -0.1) is 11.3 Å². The molecule has 0 aliphatic carbocycles. The third kappa shape index (κ3) is 4.10. The number of aromatic nitrogens is 2. The lowest BCUT2D eigenvalue weighted by molar-refractivity contribution is 0.627. The van der Waals surface area contributed by atoms with Gasteiger partial charge in [-0.3, -0.25) is 4.98 Å². The third-order valence-electron chi connectivity index (χ3n) is 3.88. The molecule has 0 saturated heterocycles. The second-order valence-electron chi connectivity index (χ2n) is 5.84. The molecule has 0 unspecified atom stereocenters. The smallest absolute Gasteiger partial charge is 0.211 e. The standard InChI is InChI=1S/C21H14F2N4S/c22-17-5-3-16(4-6-17)20-14-28-21(26-19-9-7-18(23)8-10-19)27(20)25-13-15-2-1-11-24-12-15/h1-14H. The summed E-state index contributed by atoms with van der Waals surface area (Å²) in [4.78, 5) is 9.25. The number of halogens is 2. The van der Waals surface area contributed by atoms with Crippen LogP contribution in [-0.2, 0) is 0 Å². The highest BCUT2D eigenvalue weighted by Gasteiger charge is 2.08. The topological polar surface area (TPSA) is 42.5 Å². The summed E-state index contributed by atoms with van der Waals surface area (Å²) in [5, 5.41) is 6.45. The van der Waals surface area contributed by atoms with E-state index in [1.54, 1.807) is 47.5 Å². The van der Waals surface area contributed by atoms with E-state index in [1.165, 1.54) is 35.6 Å². The fraction of sp³-hybridized carbons (Fsp3) is 0. The van der Waals surface area contributed by atoms with Crippen LogP contribution in [-0.4, -0.2) is 15.9 Å². The van der Waals surface area contributed by atoms with E-state index in [1.807, 2.05) is 17.5 Å². The first-order valence-corrected chi connectivity index (χ1v) is 9.28. The predicted octanol–water partition coefficient (Wildman–Crippen LogP) is 5.00. The number of thiazole rings is 1. The van der Waals surface area contributed by atoms with Crippen LogP contribution in [0.5, 0.6) is 0 Å². The summed E-state index contributed by atoms with van der Waals surface area (Å²) >= 11 is 1.39. The van der Waals surface area contributed by atoms with E-state index in [0.717, 1.165) is 16.8 Å². The highest BCUT2D eigenvalue weighted by molar-refractivity contribution is 7.07. The van der Waals surface area contributed by atoms with Crippen molar-refractivity contribution in [3.05, 3.63) is 100 Å². The van der Waals surface area contributed by atoms with Gasteiger partial charge in [0.2, 0.25) is 4.80 Å². The maximum Gasteiger partial charge on any atom is 0.211 e. The van der Waals surface area contributed by atoms with Crippen molar-refractivity contribution in [1.82, 2.24) is 9.66 Å². The van der Waals surface area contributed by atoms with Crippen LogP contribution in [0.4, 0.5) is 14.5 Å². The van der Waals surface area contributed by atoms with E-state index < -0.39 is 0 Å². The molecule has 4 aromatic rings. The minimum atomic E-state index is -0.320. The van der Waals surface area contributed by atoms with Crippen molar-refractivity contribution < 1.29 is 8.78 Å². The molecule has 0 aliphatic heterocycles. The average Bonchev–Trinajstić information content (AvgIpc) is 3.12. The first-order valence-electron chi connectivity index (χ1n) is 8.40. The molecular formula is C21H14F2N4S. The Labute approximate surface area is 163 Å². The van der Waals surface area contributed by atoms with Gasteiger partial charge in [0.15, 0.2) is 0 Å². The van der Waals surface area contributed by atoms with Gasteiger partial charge in [0.1, 0.15) is 11.6 Å². The maximum absolute atomic E-state index is 13.3. The van der Waals surface area contributed by atoms with Crippen molar-refractivity contribution in [3.8, 4) is 11.3 Å². The fourth-order valence-corrected chi connectivity index (χ4v) is 3.37. The van der Waals surface area contributed by atoms with Crippen LogP contribution in [0.15, 0.2) is 88.5 Å². The number of nitrogens with zero attached hydrogens (tertiary/aromatic N) is 4. The molecule has 4 nitrogen and oxygen atoms in total. The Bertz CT molecular complexity index is 1160. The highest BCUT2D eigenvalue weighted by atomic mass is 32.1. The second kappa shape index (κ2) is 8.06. The van der Waals surface area contributed by atoms with Gasteiger partial charge in [0.25, 0.3) is 0 Å². The van der Waals surface area contributed by atoms with E-state index in [9.17, 15) is 8.78 Å². The molecule has 28 heavy (non-hydrogen) atoms. The van der Waals surface area contributed by atoms with Crippen LogP contribution in [0.3, 0.4) is 0 Å². The molecule has 0 amide bonds. The van der Waals surface area contributed by atoms with Gasteiger partial charge >= 0.3 is 0 Å². The molecule has 0 atom stereocenters. The SMILES string of the molecule is Fc1ccc(N=c2scc(-c3ccc(F)cc3)n2N=Cc2cccnc2)cc1. The van der Waals surface area contributed by atoms with E-state index in [4.69, 9.17) is 0 Å². The largest absolute Gasteiger partial charge is 0.264 e. The predicted molar refractivity (Wildman–Crippen MR) is 107 cm³/mol. The highest BCUT2D eigenvalue weighted by Crippen LogP contribution is 2.21. The molecule has 7 heteroatoms. The minimum Gasteiger partial charge on any atom is -0.264 e. The number of hydrogen-bond acceptors (Lipinski definition) is 4. The molecule has 0 aliphatic rings. The van der Waals surface area contributed by atoms with Gasteiger partial charge in [-0.25, -0.2) is 18.4 Å². The molecule has 138 valence electrons. The zero-order valence-corrected chi connectivity index (χ0v) is 15.4. The van der Waals surface area contributed by atoms with Gasteiger partial charge in [-0.1, -0.05) is 6.07 Å². The molecule has 0 fully saturated rings. The Hall–Kier alpha value is -3.45. The van der Waals surface area contributed by atoms with Crippen molar-refractivity contribution in [1.29, 1.82) is 0 Å². The van der Waals surface area contributed by atoms with Gasteiger partial charge < -0.3 is 0 Å². The Balaban J connectivity index is 1.83. The summed E-state index contributed by atoms with van der Waals surface area (Å²) in [7, 11) is 0. The first-order chi connectivity index (χ1) is 13.7. The van der Waals surface area contributed by atoms with E-state index in [-0.39, 0.29) is 11.6 Å². The molecule has 4 rings (SSSR count). The van der Waals surface area contributed by atoms with Crippen molar-refractivity contribution in [2.24, 2.45) is 10.1 Å². The molecule has 0 radical (unpaired) electrons. The van der Waals surface area contributed by atoms with Crippen LogP contribution in [0.1, 0.15) is 5.56 Å². The van der Waals surface area contributed by atoms with E-state index in [2.05, 4.69) is 15.1 Å². The molecule has 0 saturated carbocycles. The number of hydrogen-bond donors (Lipinski definition) is 0. The van der Waals surface area contributed by atoms with Crippen molar-refractivity contribution >= 4 is 23.2 Å². The number of rotatable bonds is 4. The monoisotopic (exact) mass is 392 g/mol. The molecular weight excluding hydrogens is 378 g/mol. The second-order valence-corrected chi connectivity index (χ2v) is 6.68. The maximum atomic E-state index is 13.3. The lowest BCUT2D eigenvalue weighted by Gasteiger charge is -2.03. The Morgan fingerprint density at radius 1 is 0.929 bits per heavy atom. The zero-order valence-electron chi connectivity index (χ0n) is 14.5. The first kappa shape index (κ1) is 17.9. The summed E-state index contributed by atoms with van der Waals surface area (Å²) in [6.45, 7) is 0. The van der Waals surface area contributed by atoms with Gasteiger partial charge in [-0.05, 0) is 54.6 Å². The Morgan fingerprint density at radius 3 is 2.32 bits per heavy atom. The molecule has 0 N–H and O–H groups in total. The molecule has 2 aromatic heterocycles. The van der Waals surface area contributed by atoms with Crippen molar-refractivity contribution in [2.75, 3.05) is 0 Å². The average molecular weight is 392 g/mol. The van der Waals surface area contributed by atoms with Crippen LogP contribution < -0.4 is 4.80 Å². The Kier molecular flexibility index (Phi) is 5.16. The Morgan fingerprint density at radius 2 is 1.64 bits per heavy atom. The summed E-state index contributed by atoms with van der Waals surface area (Å²) in [6, 6.07) is 15.8. The summed E-state index contributed by atoms with van der Waals surface area (Å²) in [6.07, 6.45) is 5.07. The van der Waals surface area contributed by atoms with Gasteiger partial charge in [-0.2, -0.15) is 5.10 Å². The third-order valence-corrected chi connectivity index (χ3v) is 4.70.